The first-order chi connectivity index (χ1) is 10.3. The number of hydrogen-bond donors (Lipinski definition) is 0. The summed E-state index contributed by atoms with van der Waals surface area (Å²) in [6.07, 6.45) is 4.43. The Kier molecular flexibility index (Phi) is 3.73. The number of fused-ring (bicyclic) bond motifs is 1. The number of ether oxygens (including phenoxy) is 1. The van der Waals surface area contributed by atoms with Crippen LogP contribution in [0.25, 0.3) is 0 Å². The summed E-state index contributed by atoms with van der Waals surface area (Å²) < 4.78 is 4.84. The van der Waals surface area contributed by atoms with E-state index in [-0.39, 0.29) is 12.0 Å². The van der Waals surface area contributed by atoms with Gasteiger partial charge in [-0.15, -0.1) is 0 Å². The van der Waals surface area contributed by atoms with Gasteiger partial charge in [-0.2, -0.15) is 0 Å². The average molecular weight is 279 g/mol. The van der Waals surface area contributed by atoms with E-state index in [1.54, 1.807) is 4.90 Å². The number of carbonyl (C=O) groups is 1. The van der Waals surface area contributed by atoms with Crippen molar-refractivity contribution in [2.45, 2.75) is 12.3 Å². The summed E-state index contributed by atoms with van der Waals surface area (Å²) in [5.74, 6) is 0.268. The molecule has 0 N–H and O–H groups in total. The van der Waals surface area contributed by atoms with Crippen LogP contribution >= 0.6 is 0 Å². The largest absolute Gasteiger partial charge is 0.452 e. The Hall–Kier alpha value is -2.55. The van der Waals surface area contributed by atoms with Crippen molar-refractivity contribution in [1.29, 1.82) is 0 Å². The van der Waals surface area contributed by atoms with Crippen molar-refractivity contribution in [1.82, 2.24) is 0 Å². The number of allylic oxidation sites excluding steroid dienone is 1. The number of methoxy groups -OCH3 is 1. The first-order valence-electron chi connectivity index (χ1n) is 6.98. The minimum absolute atomic E-state index is 0.268. The molecule has 3 nitrogen and oxygen atoms in total. The smallest absolute Gasteiger partial charge is 0.418 e. The van der Waals surface area contributed by atoms with E-state index in [0.717, 1.165) is 17.7 Å². The van der Waals surface area contributed by atoms with Crippen LogP contribution in [0.4, 0.5) is 10.5 Å². The molecule has 0 saturated heterocycles. The van der Waals surface area contributed by atoms with Crippen molar-refractivity contribution in [3.8, 4) is 0 Å². The molecule has 1 heterocycles. The van der Waals surface area contributed by atoms with Crippen LogP contribution in [-0.2, 0) is 11.2 Å². The number of anilines is 1. The van der Waals surface area contributed by atoms with E-state index in [0.29, 0.717) is 0 Å². The molecule has 0 bridgehead atoms. The van der Waals surface area contributed by atoms with E-state index in [9.17, 15) is 4.79 Å². The molecular weight excluding hydrogens is 262 g/mol. The van der Waals surface area contributed by atoms with Gasteiger partial charge >= 0.3 is 6.09 Å². The number of carbonyl (C=O) groups excluding carboxylic acids is 1. The number of para-hydroxylation sites is 1. The molecule has 0 spiro atoms. The van der Waals surface area contributed by atoms with Crippen LogP contribution in [-0.4, -0.2) is 13.2 Å². The molecule has 2 aromatic rings. The zero-order valence-corrected chi connectivity index (χ0v) is 11.9. The number of hydrogen-bond acceptors (Lipinski definition) is 2. The van der Waals surface area contributed by atoms with Gasteiger partial charge < -0.3 is 4.74 Å². The van der Waals surface area contributed by atoms with Gasteiger partial charge in [0.25, 0.3) is 0 Å². The van der Waals surface area contributed by atoms with Crippen LogP contribution < -0.4 is 4.90 Å². The third-order valence-electron chi connectivity index (χ3n) is 3.73. The van der Waals surface area contributed by atoms with Crippen LogP contribution in [0, 0.1) is 0 Å². The van der Waals surface area contributed by atoms with E-state index in [1.165, 1.54) is 12.7 Å². The van der Waals surface area contributed by atoms with Crippen LogP contribution in [0.5, 0.6) is 0 Å². The lowest BCUT2D eigenvalue weighted by Crippen LogP contribution is -2.29. The predicted octanol–water partition coefficient (Wildman–Crippen LogP) is 4.11. The summed E-state index contributed by atoms with van der Waals surface area (Å²) in [4.78, 5) is 13.4. The fraction of sp³-hybridized carbons (Fsp3) is 0.167. The van der Waals surface area contributed by atoms with Crippen molar-refractivity contribution in [2.24, 2.45) is 0 Å². The number of rotatable bonds is 2. The van der Waals surface area contributed by atoms with E-state index in [2.05, 4.69) is 36.4 Å². The molecule has 0 radical (unpaired) electrons. The predicted molar refractivity (Wildman–Crippen MR) is 83.4 cm³/mol. The average Bonchev–Trinajstić information content (AvgIpc) is 2.55. The molecule has 1 atom stereocenters. The van der Waals surface area contributed by atoms with Gasteiger partial charge in [-0.1, -0.05) is 54.6 Å². The first kappa shape index (κ1) is 13.4. The number of amides is 1. The van der Waals surface area contributed by atoms with Crippen LogP contribution in [0.15, 0.2) is 66.9 Å². The van der Waals surface area contributed by atoms with Crippen LogP contribution in [0.3, 0.4) is 0 Å². The van der Waals surface area contributed by atoms with Gasteiger partial charge in [-0.3, -0.25) is 4.90 Å². The molecule has 2 aromatic carbocycles. The molecule has 1 aliphatic heterocycles. The van der Waals surface area contributed by atoms with E-state index >= 15 is 0 Å². The minimum atomic E-state index is -0.364. The topological polar surface area (TPSA) is 29.5 Å². The van der Waals surface area contributed by atoms with Gasteiger partial charge in [0.15, 0.2) is 0 Å². The lowest BCUT2D eigenvalue weighted by atomic mass is 9.88. The number of nitrogens with zero attached hydrogens (tertiary/aromatic N) is 1. The minimum Gasteiger partial charge on any atom is -0.452 e. The molecule has 1 aliphatic rings. The summed E-state index contributed by atoms with van der Waals surface area (Å²) in [7, 11) is 1.40. The van der Waals surface area contributed by atoms with Crippen molar-refractivity contribution in [3.05, 3.63) is 78.0 Å². The van der Waals surface area contributed by atoms with Crippen molar-refractivity contribution >= 4 is 11.8 Å². The fourth-order valence-corrected chi connectivity index (χ4v) is 2.70. The quantitative estimate of drug-likeness (QED) is 0.827. The van der Waals surface area contributed by atoms with Crippen LogP contribution in [0.1, 0.15) is 17.0 Å². The van der Waals surface area contributed by atoms with Gasteiger partial charge in [0.05, 0.1) is 12.8 Å². The highest BCUT2D eigenvalue weighted by Crippen LogP contribution is 2.35. The summed E-state index contributed by atoms with van der Waals surface area (Å²) >= 11 is 0. The summed E-state index contributed by atoms with van der Waals surface area (Å²) in [5, 5.41) is 0. The lowest BCUT2D eigenvalue weighted by molar-refractivity contribution is 0.181. The molecule has 106 valence electrons. The SMILES string of the molecule is COC(=O)N1C=CC(Cc2ccccc2)c2ccccc21. The van der Waals surface area contributed by atoms with Gasteiger partial charge in [-0.05, 0) is 23.6 Å². The van der Waals surface area contributed by atoms with E-state index in [4.69, 9.17) is 4.74 Å². The molecule has 3 rings (SSSR count). The van der Waals surface area contributed by atoms with Gasteiger partial charge in [-0.25, -0.2) is 4.79 Å². The van der Waals surface area contributed by atoms with Crippen molar-refractivity contribution < 1.29 is 9.53 Å². The highest BCUT2D eigenvalue weighted by Gasteiger charge is 2.24. The molecular formula is C18H17NO2. The van der Waals surface area contributed by atoms with Crippen molar-refractivity contribution in [2.75, 3.05) is 12.0 Å². The summed E-state index contributed by atoms with van der Waals surface area (Å²) in [6, 6.07) is 18.3. The monoisotopic (exact) mass is 279 g/mol. The Bertz CT molecular complexity index is 664. The Morgan fingerprint density at radius 1 is 1.10 bits per heavy atom. The standard InChI is InChI=1S/C18H17NO2/c1-21-18(20)19-12-11-15(13-14-7-3-2-4-8-14)16-9-5-6-10-17(16)19/h2-12,15H,13H2,1H3. The van der Waals surface area contributed by atoms with Gasteiger partial charge in [0, 0.05) is 12.1 Å². The van der Waals surface area contributed by atoms with Gasteiger partial charge in [0.2, 0.25) is 0 Å². The molecule has 0 fully saturated rings. The zero-order valence-electron chi connectivity index (χ0n) is 11.9. The maximum Gasteiger partial charge on any atom is 0.418 e. The Morgan fingerprint density at radius 3 is 2.57 bits per heavy atom. The van der Waals surface area contributed by atoms with Crippen LogP contribution in [0.2, 0.25) is 0 Å². The Labute approximate surface area is 124 Å². The van der Waals surface area contributed by atoms with E-state index < -0.39 is 0 Å². The highest BCUT2D eigenvalue weighted by atomic mass is 16.5. The van der Waals surface area contributed by atoms with Gasteiger partial charge in [0.1, 0.15) is 0 Å². The molecule has 0 aromatic heterocycles. The summed E-state index contributed by atoms with van der Waals surface area (Å²) in [6.45, 7) is 0. The second-order valence-electron chi connectivity index (χ2n) is 5.04. The third-order valence-corrected chi connectivity index (χ3v) is 3.73. The normalized spacial score (nSPS) is 16.4. The third kappa shape index (κ3) is 2.68. The second kappa shape index (κ2) is 5.83. The molecule has 21 heavy (non-hydrogen) atoms. The number of benzene rings is 2. The van der Waals surface area contributed by atoms with Crippen molar-refractivity contribution in [3.63, 3.8) is 0 Å². The first-order valence-corrected chi connectivity index (χ1v) is 6.98. The highest BCUT2D eigenvalue weighted by molar-refractivity contribution is 5.91. The molecule has 0 aliphatic carbocycles. The fourth-order valence-electron chi connectivity index (χ4n) is 2.70. The summed E-state index contributed by atoms with van der Waals surface area (Å²) in [5.41, 5.74) is 3.33. The maximum atomic E-state index is 11.8. The zero-order chi connectivity index (χ0) is 14.7. The molecule has 1 amide bonds. The maximum absolute atomic E-state index is 11.8. The molecule has 1 unspecified atom stereocenters. The van der Waals surface area contributed by atoms with E-state index in [1.807, 2.05) is 30.5 Å². The Morgan fingerprint density at radius 2 is 1.81 bits per heavy atom. The lowest BCUT2D eigenvalue weighted by Gasteiger charge is -2.28. The Balaban J connectivity index is 1.93. The molecule has 0 saturated carbocycles. The molecule has 3 heteroatoms. The second-order valence-corrected chi connectivity index (χ2v) is 5.04.